The van der Waals surface area contributed by atoms with Gasteiger partial charge in [-0.15, -0.1) is 0 Å². The molecule has 0 spiro atoms. The summed E-state index contributed by atoms with van der Waals surface area (Å²) in [7, 11) is 3.30. The van der Waals surface area contributed by atoms with Crippen LogP contribution in [0.2, 0.25) is 0 Å². The van der Waals surface area contributed by atoms with Gasteiger partial charge in [0.1, 0.15) is 5.82 Å². The summed E-state index contributed by atoms with van der Waals surface area (Å²) in [6.07, 6.45) is -2.96. The van der Waals surface area contributed by atoms with Crippen molar-refractivity contribution in [3.63, 3.8) is 0 Å². The smallest absolute Gasteiger partial charge is 0.357 e. The van der Waals surface area contributed by atoms with Crippen molar-refractivity contribution in [1.82, 2.24) is 14.9 Å². The molecule has 212 valence electrons. The van der Waals surface area contributed by atoms with Crippen LogP contribution in [-0.2, 0) is 19.3 Å². The molecule has 0 fully saturated rings. The number of aromatic nitrogens is 2. The number of nitrogens with zero attached hydrogens (tertiary/aromatic N) is 5. The quantitative estimate of drug-likeness (QED) is 0.381. The highest BCUT2D eigenvalue weighted by Crippen LogP contribution is 2.35. The first-order chi connectivity index (χ1) is 19.0. The fraction of sp³-hybridized carbons (Fsp3) is 0.357. The Balaban J connectivity index is 1.60. The van der Waals surface area contributed by atoms with E-state index < -0.39 is 17.6 Å². The Morgan fingerprint density at radius 2 is 1.85 bits per heavy atom. The number of anilines is 4. The number of carbonyl (C=O) groups is 2. The Bertz CT molecular complexity index is 1420. The summed E-state index contributed by atoms with van der Waals surface area (Å²) in [5, 5.41) is 5.54. The predicted octanol–water partition coefficient (Wildman–Crippen LogP) is 5.52. The highest BCUT2D eigenvalue weighted by atomic mass is 19.4. The monoisotopic (exact) mass is 555 g/mol. The molecule has 1 aromatic heterocycles. The predicted molar refractivity (Wildman–Crippen MR) is 149 cm³/mol. The van der Waals surface area contributed by atoms with Gasteiger partial charge >= 0.3 is 12.2 Å². The molecule has 2 heterocycles. The molecule has 40 heavy (non-hydrogen) atoms. The van der Waals surface area contributed by atoms with Gasteiger partial charge in [-0.25, -0.2) is 9.78 Å². The van der Waals surface area contributed by atoms with Crippen molar-refractivity contribution in [2.24, 2.45) is 0 Å². The molecule has 0 aliphatic carbocycles. The van der Waals surface area contributed by atoms with Crippen LogP contribution in [0.5, 0.6) is 0 Å². The molecule has 4 rings (SSSR count). The molecule has 0 radical (unpaired) electrons. The van der Waals surface area contributed by atoms with Crippen molar-refractivity contribution >= 4 is 35.1 Å². The number of aryl methyl sites for hydroxylation is 1. The number of fused-ring (bicyclic) bond motifs is 1. The third kappa shape index (κ3) is 5.86. The molecule has 1 aliphatic rings. The van der Waals surface area contributed by atoms with Crippen LogP contribution in [0.3, 0.4) is 0 Å². The second-order valence-electron chi connectivity index (χ2n) is 9.51. The number of hydrogen-bond donors (Lipinski definition) is 2. The average Bonchev–Trinajstić information content (AvgIpc) is 2.94. The first kappa shape index (κ1) is 28.8. The lowest BCUT2D eigenvalue weighted by Crippen LogP contribution is -2.46. The van der Waals surface area contributed by atoms with Gasteiger partial charge in [0.25, 0.3) is 5.91 Å². The van der Waals surface area contributed by atoms with Gasteiger partial charge in [0.2, 0.25) is 5.95 Å². The maximum Gasteiger partial charge on any atom is 0.416 e. The molecule has 0 unspecified atom stereocenters. The van der Waals surface area contributed by atoms with Crippen molar-refractivity contribution < 1.29 is 22.8 Å². The van der Waals surface area contributed by atoms with E-state index in [-0.39, 0.29) is 30.2 Å². The van der Waals surface area contributed by atoms with Crippen molar-refractivity contribution in [3.8, 4) is 0 Å². The van der Waals surface area contributed by atoms with Crippen LogP contribution in [0, 0.1) is 6.92 Å². The summed E-state index contributed by atoms with van der Waals surface area (Å²) >= 11 is 0. The zero-order chi connectivity index (χ0) is 29.2. The maximum atomic E-state index is 13.9. The number of amides is 3. The summed E-state index contributed by atoms with van der Waals surface area (Å²) in [6.45, 7) is 7.16. The van der Waals surface area contributed by atoms with E-state index in [0.29, 0.717) is 36.2 Å². The maximum absolute atomic E-state index is 13.9. The van der Waals surface area contributed by atoms with Crippen LogP contribution in [0.4, 0.5) is 41.1 Å². The molecule has 0 saturated carbocycles. The van der Waals surface area contributed by atoms with Crippen LogP contribution in [-0.4, -0.2) is 54.0 Å². The lowest BCUT2D eigenvalue weighted by atomic mass is 10.0. The molecule has 0 atom stereocenters. The van der Waals surface area contributed by atoms with E-state index in [2.05, 4.69) is 20.6 Å². The van der Waals surface area contributed by atoms with Crippen molar-refractivity contribution in [2.75, 3.05) is 47.6 Å². The van der Waals surface area contributed by atoms with E-state index in [4.69, 9.17) is 0 Å². The minimum absolute atomic E-state index is 0.113. The van der Waals surface area contributed by atoms with Gasteiger partial charge in [-0.05, 0) is 55.4 Å². The normalized spacial score (nSPS) is 13.5. The largest absolute Gasteiger partial charge is 0.416 e. The molecule has 0 saturated heterocycles. The third-order valence-corrected chi connectivity index (χ3v) is 6.95. The fourth-order valence-corrected chi connectivity index (χ4v) is 4.61. The number of carbonyl (C=O) groups excluding carboxylic acids is 2. The van der Waals surface area contributed by atoms with Crippen LogP contribution >= 0.6 is 0 Å². The van der Waals surface area contributed by atoms with Gasteiger partial charge < -0.3 is 10.6 Å². The average molecular weight is 556 g/mol. The van der Waals surface area contributed by atoms with Gasteiger partial charge in [-0.1, -0.05) is 26.0 Å². The van der Waals surface area contributed by atoms with E-state index in [1.54, 1.807) is 43.4 Å². The number of alkyl halides is 3. The van der Waals surface area contributed by atoms with Gasteiger partial charge in [0.05, 0.1) is 17.8 Å². The standard InChI is InChI=1S/C28H32F3N7O2/c1-6-37(7-2)15-19-10-9-18(12-22(19)28(29,30)31)25(39)34-21-11-8-17(3)23(13-21)38-16-20-14-33-26(32-4)35-24(20)36(5)27(38)40/h8-14H,6-7,15-16H2,1-5H3,(H,34,39)(H,32,33,35). The van der Waals surface area contributed by atoms with Gasteiger partial charge in [0, 0.05) is 43.7 Å². The van der Waals surface area contributed by atoms with E-state index >= 15 is 0 Å². The Morgan fingerprint density at radius 3 is 2.50 bits per heavy atom. The molecular formula is C28H32F3N7O2. The zero-order valence-electron chi connectivity index (χ0n) is 23.1. The number of hydrogen-bond acceptors (Lipinski definition) is 6. The number of rotatable bonds is 8. The van der Waals surface area contributed by atoms with Crippen molar-refractivity contribution in [3.05, 3.63) is 70.4 Å². The van der Waals surface area contributed by atoms with Gasteiger partial charge in [0.15, 0.2) is 0 Å². The fourth-order valence-electron chi connectivity index (χ4n) is 4.61. The van der Waals surface area contributed by atoms with Crippen molar-refractivity contribution in [2.45, 2.75) is 40.0 Å². The first-order valence-electron chi connectivity index (χ1n) is 12.9. The number of urea groups is 1. The highest BCUT2D eigenvalue weighted by molar-refractivity contribution is 6.07. The lowest BCUT2D eigenvalue weighted by Gasteiger charge is -2.35. The first-order valence-corrected chi connectivity index (χ1v) is 12.9. The second-order valence-corrected chi connectivity index (χ2v) is 9.51. The van der Waals surface area contributed by atoms with Crippen molar-refractivity contribution in [1.29, 1.82) is 0 Å². The number of nitrogens with one attached hydrogen (secondary N) is 2. The van der Waals surface area contributed by atoms with Crippen LogP contribution in [0.1, 0.15) is 46.5 Å². The number of benzene rings is 2. The van der Waals surface area contributed by atoms with Gasteiger partial charge in [-0.3, -0.25) is 19.5 Å². The highest BCUT2D eigenvalue weighted by Gasteiger charge is 2.35. The minimum Gasteiger partial charge on any atom is -0.357 e. The Labute approximate surface area is 231 Å². The Hall–Kier alpha value is -4.19. The van der Waals surface area contributed by atoms with Gasteiger partial charge in [-0.2, -0.15) is 18.2 Å². The molecule has 1 aliphatic heterocycles. The second kappa shape index (κ2) is 11.5. The lowest BCUT2D eigenvalue weighted by molar-refractivity contribution is -0.138. The summed E-state index contributed by atoms with van der Waals surface area (Å²) in [4.78, 5) is 39.8. The summed E-state index contributed by atoms with van der Waals surface area (Å²) in [6, 6.07) is 8.34. The van der Waals surface area contributed by atoms with E-state index in [9.17, 15) is 22.8 Å². The SMILES string of the molecule is CCN(CC)Cc1ccc(C(=O)Nc2ccc(C)c(N3Cc4cnc(NC)nc4N(C)C3=O)c2)cc1C(F)(F)F. The third-order valence-electron chi connectivity index (χ3n) is 6.95. The van der Waals surface area contributed by atoms with E-state index in [0.717, 1.165) is 17.2 Å². The topological polar surface area (TPSA) is 93.7 Å². The molecule has 3 amide bonds. The van der Waals surface area contributed by atoms with E-state index in [1.807, 2.05) is 25.7 Å². The minimum atomic E-state index is -4.61. The summed E-state index contributed by atoms with van der Waals surface area (Å²) in [5.41, 5.74) is 1.57. The molecule has 12 heteroatoms. The molecule has 9 nitrogen and oxygen atoms in total. The van der Waals surface area contributed by atoms with Crippen LogP contribution < -0.4 is 20.4 Å². The zero-order valence-corrected chi connectivity index (χ0v) is 23.1. The molecular weight excluding hydrogens is 523 g/mol. The van der Waals surface area contributed by atoms with E-state index in [1.165, 1.54) is 17.0 Å². The molecule has 2 aromatic carbocycles. The molecule has 3 aromatic rings. The molecule has 2 N–H and O–H groups in total. The summed E-state index contributed by atoms with van der Waals surface area (Å²) < 4.78 is 41.7. The van der Waals surface area contributed by atoms with Crippen LogP contribution in [0.15, 0.2) is 42.6 Å². The Kier molecular flexibility index (Phi) is 8.29. The molecule has 0 bridgehead atoms. The van der Waals surface area contributed by atoms with Crippen LogP contribution in [0.25, 0.3) is 0 Å². The number of halogens is 3. The summed E-state index contributed by atoms with van der Waals surface area (Å²) in [5.74, 6) is 0.199. The Morgan fingerprint density at radius 1 is 1.12 bits per heavy atom.